The lowest BCUT2D eigenvalue weighted by Gasteiger charge is -2.11. The van der Waals surface area contributed by atoms with Crippen molar-refractivity contribution in [3.8, 4) is 0 Å². The van der Waals surface area contributed by atoms with Crippen LogP contribution < -0.4 is 10.6 Å². The van der Waals surface area contributed by atoms with E-state index in [9.17, 15) is 4.79 Å². The highest BCUT2D eigenvalue weighted by Crippen LogP contribution is 2.11. The minimum atomic E-state index is 0. The van der Waals surface area contributed by atoms with E-state index in [4.69, 9.17) is 0 Å². The number of hydrogen-bond acceptors (Lipinski definition) is 3. The first-order chi connectivity index (χ1) is 9.84. The predicted octanol–water partition coefficient (Wildman–Crippen LogP) is 1.72. The average Bonchev–Trinajstić information content (AvgIpc) is 3.13. The number of carbonyl (C=O) groups is 1. The number of halogens is 1. The van der Waals surface area contributed by atoms with E-state index in [0.717, 1.165) is 43.4 Å². The normalized spacial score (nSPS) is 17.6. The van der Waals surface area contributed by atoms with Crippen LogP contribution in [0.1, 0.15) is 19.3 Å². The Kier molecular flexibility index (Phi) is 5.59. The van der Waals surface area contributed by atoms with Crippen LogP contribution in [0, 0.1) is 0 Å². The molecular weight excluding hydrogens is 288 g/mol. The van der Waals surface area contributed by atoms with Crippen LogP contribution in [0.4, 0.5) is 0 Å². The number of nitrogens with one attached hydrogen (secondary N) is 2. The third kappa shape index (κ3) is 3.74. The number of amides is 1. The number of para-hydroxylation sites is 2. The van der Waals surface area contributed by atoms with E-state index < -0.39 is 0 Å². The standard InChI is InChI=1S/C15H20N4O.ClH/c20-15(13-6-3-8-16-13)17-9-4-10-19-11-18-12-5-1-2-7-14(12)19;/h1-2,5,7,11,13,16H,3-4,6,8-10H2,(H,17,20);1H. The number of hydrogen-bond donors (Lipinski definition) is 2. The fourth-order valence-electron chi connectivity index (χ4n) is 2.68. The summed E-state index contributed by atoms with van der Waals surface area (Å²) in [5, 5.41) is 6.21. The molecule has 0 spiro atoms. The van der Waals surface area contributed by atoms with E-state index in [1.54, 1.807) is 0 Å². The quantitative estimate of drug-likeness (QED) is 0.827. The van der Waals surface area contributed by atoms with E-state index in [-0.39, 0.29) is 24.4 Å². The Labute approximate surface area is 130 Å². The van der Waals surface area contributed by atoms with E-state index in [2.05, 4.69) is 26.3 Å². The van der Waals surface area contributed by atoms with Gasteiger partial charge in [0.15, 0.2) is 0 Å². The number of carbonyl (C=O) groups excluding carboxylic acids is 1. The van der Waals surface area contributed by atoms with Gasteiger partial charge in [0.1, 0.15) is 0 Å². The van der Waals surface area contributed by atoms with Gasteiger partial charge in [-0.2, -0.15) is 0 Å². The summed E-state index contributed by atoms with van der Waals surface area (Å²) in [4.78, 5) is 16.2. The molecule has 2 heterocycles. The van der Waals surface area contributed by atoms with Crippen LogP contribution in [0.2, 0.25) is 0 Å². The summed E-state index contributed by atoms with van der Waals surface area (Å²) in [7, 11) is 0. The van der Waals surface area contributed by atoms with Crippen molar-refractivity contribution in [3.63, 3.8) is 0 Å². The largest absolute Gasteiger partial charge is 0.355 e. The highest BCUT2D eigenvalue weighted by molar-refractivity contribution is 5.85. The number of fused-ring (bicyclic) bond motifs is 1. The minimum Gasteiger partial charge on any atom is -0.355 e. The Bertz CT molecular complexity index is 592. The lowest BCUT2D eigenvalue weighted by atomic mass is 10.2. The molecule has 3 rings (SSSR count). The molecule has 0 saturated carbocycles. The van der Waals surface area contributed by atoms with Crippen molar-refractivity contribution in [2.75, 3.05) is 13.1 Å². The van der Waals surface area contributed by atoms with E-state index in [0.29, 0.717) is 6.54 Å². The Morgan fingerprint density at radius 2 is 2.29 bits per heavy atom. The van der Waals surface area contributed by atoms with Gasteiger partial charge in [0.2, 0.25) is 5.91 Å². The first-order valence-electron chi connectivity index (χ1n) is 7.25. The summed E-state index contributed by atoms with van der Waals surface area (Å²) in [6.07, 6.45) is 4.83. The maximum absolute atomic E-state index is 11.8. The van der Waals surface area contributed by atoms with E-state index >= 15 is 0 Å². The van der Waals surface area contributed by atoms with Crippen LogP contribution >= 0.6 is 12.4 Å². The Morgan fingerprint density at radius 1 is 1.43 bits per heavy atom. The second-order valence-electron chi connectivity index (χ2n) is 5.22. The van der Waals surface area contributed by atoms with Crippen molar-refractivity contribution in [1.82, 2.24) is 20.2 Å². The van der Waals surface area contributed by atoms with Gasteiger partial charge in [0, 0.05) is 13.1 Å². The van der Waals surface area contributed by atoms with Crippen molar-refractivity contribution >= 4 is 29.3 Å². The average molecular weight is 309 g/mol. The molecule has 5 nitrogen and oxygen atoms in total. The molecule has 114 valence electrons. The lowest BCUT2D eigenvalue weighted by Crippen LogP contribution is -2.40. The molecule has 1 aromatic heterocycles. The van der Waals surface area contributed by atoms with Crippen LogP contribution in [0.15, 0.2) is 30.6 Å². The van der Waals surface area contributed by atoms with Gasteiger partial charge in [-0.25, -0.2) is 4.98 Å². The zero-order valence-corrected chi connectivity index (χ0v) is 12.7. The van der Waals surface area contributed by atoms with Crippen LogP contribution in [0.25, 0.3) is 11.0 Å². The molecule has 1 atom stereocenters. The molecule has 2 N–H and O–H groups in total. The second kappa shape index (κ2) is 7.43. The number of benzene rings is 1. The van der Waals surface area contributed by atoms with Gasteiger partial charge in [-0.3, -0.25) is 4.79 Å². The first-order valence-corrected chi connectivity index (χ1v) is 7.25. The van der Waals surface area contributed by atoms with Gasteiger partial charge in [-0.05, 0) is 37.9 Å². The fraction of sp³-hybridized carbons (Fsp3) is 0.467. The highest BCUT2D eigenvalue weighted by Gasteiger charge is 2.21. The van der Waals surface area contributed by atoms with Gasteiger partial charge in [-0.1, -0.05) is 12.1 Å². The highest BCUT2D eigenvalue weighted by atomic mass is 35.5. The molecule has 1 fully saturated rings. The Morgan fingerprint density at radius 3 is 3.10 bits per heavy atom. The van der Waals surface area contributed by atoms with Gasteiger partial charge in [0.05, 0.1) is 23.4 Å². The third-order valence-corrected chi connectivity index (χ3v) is 3.78. The van der Waals surface area contributed by atoms with Crippen molar-refractivity contribution in [2.45, 2.75) is 31.8 Å². The Balaban J connectivity index is 0.00000161. The molecule has 21 heavy (non-hydrogen) atoms. The molecule has 0 radical (unpaired) electrons. The smallest absolute Gasteiger partial charge is 0.237 e. The number of aryl methyl sites for hydroxylation is 1. The molecule has 1 aromatic carbocycles. The van der Waals surface area contributed by atoms with Gasteiger partial charge < -0.3 is 15.2 Å². The summed E-state index contributed by atoms with van der Waals surface area (Å²) in [6, 6.07) is 8.12. The van der Waals surface area contributed by atoms with Crippen molar-refractivity contribution in [3.05, 3.63) is 30.6 Å². The van der Waals surface area contributed by atoms with Crippen LogP contribution in [-0.2, 0) is 11.3 Å². The monoisotopic (exact) mass is 308 g/mol. The van der Waals surface area contributed by atoms with Crippen LogP contribution in [0.5, 0.6) is 0 Å². The van der Waals surface area contributed by atoms with Gasteiger partial charge in [-0.15, -0.1) is 12.4 Å². The topological polar surface area (TPSA) is 59.0 Å². The summed E-state index contributed by atoms with van der Waals surface area (Å²) >= 11 is 0. The van der Waals surface area contributed by atoms with Crippen molar-refractivity contribution < 1.29 is 4.79 Å². The van der Waals surface area contributed by atoms with Crippen molar-refractivity contribution in [2.24, 2.45) is 0 Å². The molecule has 0 bridgehead atoms. The van der Waals surface area contributed by atoms with Gasteiger partial charge in [0.25, 0.3) is 0 Å². The number of rotatable bonds is 5. The molecule has 2 aromatic rings. The van der Waals surface area contributed by atoms with Crippen molar-refractivity contribution in [1.29, 1.82) is 0 Å². The fourth-order valence-corrected chi connectivity index (χ4v) is 2.68. The molecule has 1 aliphatic rings. The third-order valence-electron chi connectivity index (χ3n) is 3.78. The van der Waals surface area contributed by atoms with E-state index in [1.165, 1.54) is 0 Å². The minimum absolute atomic E-state index is 0. The Hall–Kier alpha value is -1.59. The first kappa shape index (κ1) is 15.8. The van der Waals surface area contributed by atoms with E-state index in [1.807, 2.05) is 24.5 Å². The zero-order chi connectivity index (χ0) is 13.8. The molecule has 1 amide bonds. The summed E-state index contributed by atoms with van der Waals surface area (Å²) in [5.74, 6) is 0.137. The molecule has 0 aliphatic carbocycles. The lowest BCUT2D eigenvalue weighted by molar-refractivity contribution is -0.122. The molecule has 6 heteroatoms. The maximum Gasteiger partial charge on any atom is 0.237 e. The van der Waals surface area contributed by atoms with Crippen LogP contribution in [-0.4, -0.2) is 34.6 Å². The van der Waals surface area contributed by atoms with Crippen LogP contribution in [0.3, 0.4) is 0 Å². The summed E-state index contributed by atoms with van der Waals surface area (Å²) in [5.41, 5.74) is 2.17. The molecule has 1 unspecified atom stereocenters. The summed E-state index contributed by atoms with van der Waals surface area (Å²) < 4.78 is 2.13. The molecule has 1 aliphatic heterocycles. The number of nitrogens with zero attached hydrogens (tertiary/aromatic N) is 2. The second-order valence-corrected chi connectivity index (χ2v) is 5.22. The molecule has 1 saturated heterocycles. The summed E-state index contributed by atoms with van der Waals surface area (Å²) in [6.45, 7) is 2.54. The maximum atomic E-state index is 11.8. The SMILES string of the molecule is Cl.O=C(NCCCn1cnc2ccccc21)C1CCCN1. The number of aromatic nitrogens is 2. The predicted molar refractivity (Wildman–Crippen MR) is 85.6 cm³/mol. The zero-order valence-electron chi connectivity index (χ0n) is 11.9. The molecular formula is C15H21ClN4O. The number of imidazole rings is 1. The van der Waals surface area contributed by atoms with Gasteiger partial charge >= 0.3 is 0 Å².